The Kier molecular flexibility index (Phi) is 3.82. The zero-order valence-electron chi connectivity index (χ0n) is 14.8. The lowest BCUT2D eigenvalue weighted by Gasteiger charge is -2.31. The van der Waals surface area contributed by atoms with Crippen molar-refractivity contribution in [3.8, 4) is 0 Å². The van der Waals surface area contributed by atoms with Crippen molar-refractivity contribution in [2.75, 3.05) is 10.6 Å². The molecule has 0 saturated heterocycles. The van der Waals surface area contributed by atoms with E-state index in [4.69, 9.17) is 4.42 Å². The SMILES string of the molecule is O=C1CC(c2ccccc2)C=C2Nc3ccccc3NC(c3ccco3)C12. The second kappa shape index (κ2) is 6.47. The van der Waals surface area contributed by atoms with Gasteiger partial charge in [-0.05, 0) is 29.8 Å². The van der Waals surface area contributed by atoms with Gasteiger partial charge < -0.3 is 15.1 Å². The fourth-order valence-corrected chi connectivity index (χ4v) is 4.12. The summed E-state index contributed by atoms with van der Waals surface area (Å²) in [6.45, 7) is 0. The van der Waals surface area contributed by atoms with E-state index < -0.39 is 0 Å². The molecule has 4 heteroatoms. The van der Waals surface area contributed by atoms with E-state index >= 15 is 0 Å². The Balaban J connectivity index is 1.63. The maximum absolute atomic E-state index is 13.3. The number of hydrogen-bond acceptors (Lipinski definition) is 4. The van der Waals surface area contributed by atoms with E-state index in [2.05, 4.69) is 28.8 Å². The second-order valence-electron chi connectivity index (χ2n) is 7.10. The summed E-state index contributed by atoms with van der Waals surface area (Å²) < 4.78 is 5.68. The number of allylic oxidation sites excluding steroid dienone is 1. The highest BCUT2D eigenvalue weighted by Gasteiger charge is 2.40. The van der Waals surface area contributed by atoms with Crippen molar-refractivity contribution in [3.05, 3.63) is 96.1 Å². The summed E-state index contributed by atoms with van der Waals surface area (Å²) in [6.07, 6.45) is 4.36. The molecule has 3 unspecified atom stereocenters. The highest BCUT2D eigenvalue weighted by atomic mass is 16.3. The Morgan fingerprint density at radius 3 is 2.44 bits per heavy atom. The quantitative estimate of drug-likeness (QED) is 0.669. The molecule has 4 nitrogen and oxygen atoms in total. The number of hydrogen-bond donors (Lipinski definition) is 2. The highest BCUT2D eigenvalue weighted by Crippen LogP contribution is 2.44. The fourth-order valence-electron chi connectivity index (χ4n) is 4.12. The van der Waals surface area contributed by atoms with E-state index in [9.17, 15) is 4.79 Å². The van der Waals surface area contributed by atoms with Gasteiger partial charge in [0.2, 0.25) is 0 Å². The molecular weight excluding hydrogens is 336 g/mol. The van der Waals surface area contributed by atoms with Crippen molar-refractivity contribution in [1.29, 1.82) is 0 Å². The van der Waals surface area contributed by atoms with E-state index in [1.54, 1.807) is 6.26 Å². The molecule has 2 aromatic carbocycles. The molecule has 3 aromatic rings. The fraction of sp³-hybridized carbons (Fsp3) is 0.174. The Morgan fingerprint density at radius 2 is 1.67 bits per heavy atom. The van der Waals surface area contributed by atoms with Crippen molar-refractivity contribution < 1.29 is 9.21 Å². The summed E-state index contributed by atoms with van der Waals surface area (Å²) >= 11 is 0. The third-order valence-corrected chi connectivity index (χ3v) is 5.41. The van der Waals surface area contributed by atoms with E-state index in [0.717, 1.165) is 22.8 Å². The first kappa shape index (κ1) is 15.9. The smallest absolute Gasteiger partial charge is 0.145 e. The summed E-state index contributed by atoms with van der Waals surface area (Å²) in [6, 6.07) is 21.8. The Labute approximate surface area is 157 Å². The van der Waals surface area contributed by atoms with Crippen molar-refractivity contribution in [3.63, 3.8) is 0 Å². The van der Waals surface area contributed by atoms with Crippen molar-refractivity contribution in [2.45, 2.75) is 18.4 Å². The van der Waals surface area contributed by atoms with Gasteiger partial charge in [0.15, 0.2) is 0 Å². The topological polar surface area (TPSA) is 54.3 Å². The maximum Gasteiger partial charge on any atom is 0.145 e. The lowest BCUT2D eigenvalue weighted by Crippen LogP contribution is -2.33. The molecule has 1 aliphatic heterocycles. The van der Waals surface area contributed by atoms with Crippen LogP contribution in [-0.4, -0.2) is 5.78 Å². The molecule has 2 aliphatic rings. The lowest BCUT2D eigenvalue weighted by molar-refractivity contribution is -0.122. The van der Waals surface area contributed by atoms with Gasteiger partial charge in [0.1, 0.15) is 11.5 Å². The molecule has 2 N–H and O–H groups in total. The van der Waals surface area contributed by atoms with Crippen molar-refractivity contribution in [1.82, 2.24) is 0 Å². The predicted molar refractivity (Wildman–Crippen MR) is 106 cm³/mol. The molecule has 5 rings (SSSR count). The predicted octanol–water partition coefficient (Wildman–Crippen LogP) is 5.12. The largest absolute Gasteiger partial charge is 0.467 e. The standard InChI is InChI=1S/C23H20N2O2/c26-20-14-16(15-7-2-1-3-8-15)13-19-22(20)23(21-11-6-12-27-21)25-18-10-5-4-9-17(18)24-19/h1-13,16,22-25H,14H2. The summed E-state index contributed by atoms with van der Waals surface area (Å²) in [4.78, 5) is 13.3. The number of carbonyl (C=O) groups excluding carboxylic acids is 1. The van der Waals surface area contributed by atoms with Gasteiger partial charge in [-0.3, -0.25) is 4.79 Å². The number of carbonyl (C=O) groups is 1. The number of nitrogens with one attached hydrogen (secondary N) is 2. The molecule has 1 aliphatic carbocycles. The van der Waals surface area contributed by atoms with Gasteiger partial charge in [0.25, 0.3) is 0 Å². The van der Waals surface area contributed by atoms with Crippen LogP contribution < -0.4 is 10.6 Å². The number of fused-ring (bicyclic) bond motifs is 2. The molecule has 27 heavy (non-hydrogen) atoms. The minimum Gasteiger partial charge on any atom is -0.467 e. The summed E-state index contributed by atoms with van der Waals surface area (Å²) in [5, 5.41) is 7.05. The van der Waals surface area contributed by atoms with E-state index in [-0.39, 0.29) is 23.7 Å². The van der Waals surface area contributed by atoms with Crippen molar-refractivity contribution >= 4 is 17.2 Å². The third-order valence-electron chi connectivity index (χ3n) is 5.41. The number of para-hydroxylation sites is 2. The van der Waals surface area contributed by atoms with Crippen LogP contribution in [0.3, 0.4) is 0 Å². The van der Waals surface area contributed by atoms with Crippen LogP contribution >= 0.6 is 0 Å². The summed E-state index contributed by atoms with van der Waals surface area (Å²) in [5.41, 5.74) is 4.06. The van der Waals surface area contributed by atoms with Crippen LogP contribution in [0.2, 0.25) is 0 Å². The van der Waals surface area contributed by atoms with Crippen LogP contribution in [0.4, 0.5) is 11.4 Å². The van der Waals surface area contributed by atoms with Crippen LogP contribution in [0.1, 0.15) is 29.7 Å². The van der Waals surface area contributed by atoms with E-state index in [1.165, 1.54) is 5.56 Å². The van der Waals surface area contributed by atoms with Gasteiger partial charge >= 0.3 is 0 Å². The van der Waals surface area contributed by atoms with Crippen LogP contribution in [0, 0.1) is 5.92 Å². The molecule has 0 radical (unpaired) electrons. The zero-order chi connectivity index (χ0) is 18.2. The number of anilines is 2. The van der Waals surface area contributed by atoms with Gasteiger partial charge in [-0.2, -0.15) is 0 Å². The lowest BCUT2D eigenvalue weighted by atomic mass is 9.77. The molecule has 0 spiro atoms. The minimum atomic E-state index is -0.302. The van der Waals surface area contributed by atoms with Crippen LogP contribution in [0.25, 0.3) is 0 Å². The maximum atomic E-state index is 13.3. The first-order chi connectivity index (χ1) is 13.3. The van der Waals surface area contributed by atoms with Crippen LogP contribution in [0.5, 0.6) is 0 Å². The molecule has 0 bridgehead atoms. The summed E-state index contributed by atoms with van der Waals surface area (Å²) in [5.74, 6) is 0.773. The molecule has 134 valence electrons. The number of benzene rings is 2. The van der Waals surface area contributed by atoms with Gasteiger partial charge in [0, 0.05) is 18.0 Å². The Morgan fingerprint density at radius 1 is 0.889 bits per heavy atom. The Bertz CT molecular complexity index is 992. The molecule has 0 fully saturated rings. The minimum absolute atomic E-state index is 0.0833. The number of Topliss-reactive ketones (excluding diaryl/α,β-unsaturated/α-hetero) is 1. The van der Waals surface area contributed by atoms with Gasteiger partial charge in [-0.1, -0.05) is 48.5 Å². The van der Waals surface area contributed by atoms with E-state index in [1.807, 2.05) is 54.6 Å². The van der Waals surface area contributed by atoms with Crippen molar-refractivity contribution in [2.24, 2.45) is 5.92 Å². The van der Waals surface area contributed by atoms with Gasteiger partial charge in [-0.15, -0.1) is 0 Å². The van der Waals surface area contributed by atoms with Crippen LogP contribution in [-0.2, 0) is 4.79 Å². The second-order valence-corrected chi connectivity index (χ2v) is 7.10. The Hall–Kier alpha value is -3.27. The van der Waals surface area contributed by atoms with E-state index in [0.29, 0.717) is 6.42 Å². The monoisotopic (exact) mass is 356 g/mol. The molecular formula is C23H20N2O2. The van der Waals surface area contributed by atoms with Gasteiger partial charge in [0.05, 0.1) is 29.6 Å². The molecule has 2 heterocycles. The molecule has 0 saturated carbocycles. The normalized spacial score (nSPS) is 23.9. The zero-order valence-corrected chi connectivity index (χ0v) is 14.8. The summed E-state index contributed by atoms with van der Waals surface area (Å²) in [7, 11) is 0. The molecule has 1 aromatic heterocycles. The molecule has 3 atom stereocenters. The number of furan rings is 1. The number of rotatable bonds is 2. The third kappa shape index (κ3) is 2.83. The number of ketones is 1. The average molecular weight is 356 g/mol. The first-order valence-corrected chi connectivity index (χ1v) is 9.25. The average Bonchev–Trinajstić information content (AvgIpc) is 3.17. The highest BCUT2D eigenvalue weighted by molar-refractivity contribution is 5.90. The molecule has 0 amide bonds. The van der Waals surface area contributed by atoms with Crippen LogP contribution in [0.15, 0.2) is 89.2 Å². The first-order valence-electron chi connectivity index (χ1n) is 9.25. The van der Waals surface area contributed by atoms with Gasteiger partial charge in [-0.25, -0.2) is 0 Å².